The Morgan fingerprint density at radius 2 is 1.86 bits per heavy atom. The van der Waals surface area contributed by atoms with E-state index in [0.717, 1.165) is 29.6 Å². The summed E-state index contributed by atoms with van der Waals surface area (Å²) in [5.74, 6) is 0. The Kier molecular flexibility index (Phi) is 5.41. The number of aromatic nitrogens is 2. The third kappa shape index (κ3) is 3.79. The normalized spacial score (nSPS) is 19.2. The molecule has 1 fully saturated rings. The molecule has 0 bridgehead atoms. The van der Waals surface area contributed by atoms with E-state index in [4.69, 9.17) is 12.2 Å². The van der Waals surface area contributed by atoms with Gasteiger partial charge in [0, 0.05) is 37.4 Å². The summed E-state index contributed by atoms with van der Waals surface area (Å²) < 4.78 is 2.16. The molecule has 144 valence electrons. The summed E-state index contributed by atoms with van der Waals surface area (Å²) in [6.45, 7) is 1.80. The number of benzene rings is 1. The topological polar surface area (TPSA) is 36.3 Å². The first-order valence-electron chi connectivity index (χ1n) is 9.49. The van der Waals surface area contributed by atoms with E-state index in [1.54, 1.807) is 0 Å². The molecule has 1 N–H and O–H groups in total. The van der Waals surface area contributed by atoms with Gasteiger partial charge in [-0.1, -0.05) is 24.3 Å². The predicted octanol–water partition coefficient (Wildman–Crippen LogP) is 3.41. The van der Waals surface area contributed by atoms with Crippen LogP contribution in [0.5, 0.6) is 0 Å². The minimum Gasteiger partial charge on any atom is -0.352 e. The molecule has 4 rings (SSSR count). The van der Waals surface area contributed by atoms with Crippen molar-refractivity contribution in [3.05, 3.63) is 84.4 Å². The fourth-order valence-corrected chi connectivity index (χ4v) is 4.00. The van der Waals surface area contributed by atoms with Crippen molar-refractivity contribution in [3.63, 3.8) is 0 Å². The molecule has 2 atom stereocenters. The molecule has 0 radical (unpaired) electrons. The van der Waals surface area contributed by atoms with E-state index >= 15 is 0 Å². The van der Waals surface area contributed by atoms with Gasteiger partial charge in [0.05, 0.1) is 17.8 Å². The van der Waals surface area contributed by atoms with Gasteiger partial charge < -0.3 is 19.7 Å². The minimum atomic E-state index is 0.0301. The molecule has 3 heterocycles. The molecule has 1 saturated heterocycles. The number of likely N-dealkylation sites (N-methyl/N-ethyl adjacent to an activating group) is 1. The monoisotopic (exact) mass is 391 g/mol. The zero-order chi connectivity index (χ0) is 19.5. The van der Waals surface area contributed by atoms with Crippen molar-refractivity contribution in [3.8, 4) is 5.69 Å². The highest BCUT2D eigenvalue weighted by Crippen LogP contribution is 2.38. The molecule has 1 aliphatic rings. The van der Waals surface area contributed by atoms with Gasteiger partial charge in [0.2, 0.25) is 0 Å². The van der Waals surface area contributed by atoms with E-state index in [9.17, 15) is 0 Å². The number of hydrogen-bond acceptors (Lipinski definition) is 3. The lowest BCUT2D eigenvalue weighted by molar-refractivity contribution is 0.278. The molecule has 0 spiro atoms. The zero-order valence-electron chi connectivity index (χ0n) is 16.2. The Morgan fingerprint density at radius 1 is 1.07 bits per heavy atom. The molecule has 6 heteroatoms. The van der Waals surface area contributed by atoms with Gasteiger partial charge in [-0.15, -0.1) is 0 Å². The third-order valence-electron chi connectivity index (χ3n) is 5.10. The van der Waals surface area contributed by atoms with Crippen LogP contribution in [0.25, 0.3) is 5.69 Å². The summed E-state index contributed by atoms with van der Waals surface area (Å²) in [5, 5.41) is 4.30. The lowest BCUT2D eigenvalue weighted by atomic mass is 9.99. The first-order valence-corrected chi connectivity index (χ1v) is 9.90. The van der Waals surface area contributed by atoms with E-state index in [1.165, 1.54) is 5.56 Å². The summed E-state index contributed by atoms with van der Waals surface area (Å²) >= 11 is 5.71. The lowest BCUT2D eigenvalue weighted by Gasteiger charge is -2.28. The van der Waals surface area contributed by atoms with Gasteiger partial charge in [-0.2, -0.15) is 0 Å². The Bertz CT molecular complexity index is 922. The Labute approximate surface area is 171 Å². The summed E-state index contributed by atoms with van der Waals surface area (Å²) in [6.07, 6.45) is 6.16. The van der Waals surface area contributed by atoms with Gasteiger partial charge in [0.1, 0.15) is 0 Å². The summed E-state index contributed by atoms with van der Waals surface area (Å²) in [6, 6.07) is 18.7. The van der Waals surface area contributed by atoms with Crippen molar-refractivity contribution < 1.29 is 0 Å². The van der Waals surface area contributed by atoms with Crippen molar-refractivity contribution in [2.24, 2.45) is 0 Å². The van der Waals surface area contributed by atoms with Crippen LogP contribution in [0.1, 0.15) is 23.3 Å². The quantitative estimate of drug-likeness (QED) is 0.652. The smallest absolute Gasteiger partial charge is 0.170 e. The van der Waals surface area contributed by atoms with E-state index in [-0.39, 0.29) is 12.1 Å². The van der Waals surface area contributed by atoms with Crippen LogP contribution >= 0.6 is 12.2 Å². The highest BCUT2D eigenvalue weighted by molar-refractivity contribution is 7.80. The van der Waals surface area contributed by atoms with Crippen LogP contribution in [-0.4, -0.2) is 51.6 Å². The fraction of sp³-hybridized carbons (Fsp3) is 0.273. The van der Waals surface area contributed by atoms with Crippen LogP contribution in [0.4, 0.5) is 0 Å². The second-order valence-corrected chi connectivity index (χ2v) is 7.70. The maximum Gasteiger partial charge on any atom is 0.170 e. The summed E-state index contributed by atoms with van der Waals surface area (Å²) in [5.41, 5.74) is 3.39. The first kappa shape index (κ1) is 18.7. The van der Waals surface area contributed by atoms with Crippen LogP contribution in [0.3, 0.4) is 0 Å². The van der Waals surface area contributed by atoms with E-state index in [0.29, 0.717) is 0 Å². The second-order valence-electron chi connectivity index (χ2n) is 7.31. The van der Waals surface area contributed by atoms with Crippen molar-refractivity contribution in [1.82, 2.24) is 24.7 Å². The SMILES string of the molecule is CN(C)CCN1C(=S)N[C@@H](c2ccccn2)[C@@H]1c1ccn(-c2ccccc2)c1. The van der Waals surface area contributed by atoms with Crippen molar-refractivity contribution >= 4 is 17.3 Å². The van der Waals surface area contributed by atoms with Gasteiger partial charge in [0.15, 0.2) is 5.11 Å². The third-order valence-corrected chi connectivity index (χ3v) is 5.45. The molecule has 5 nitrogen and oxygen atoms in total. The number of para-hydroxylation sites is 1. The van der Waals surface area contributed by atoms with E-state index in [2.05, 4.69) is 87.6 Å². The van der Waals surface area contributed by atoms with Crippen LogP contribution < -0.4 is 5.32 Å². The van der Waals surface area contributed by atoms with Gasteiger partial charge >= 0.3 is 0 Å². The van der Waals surface area contributed by atoms with Gasteiger partial charge in [-0.05, 0) is 62.2 Å². The molecule has 0 amide bonds. The molecule has 2 aromatic heterocycles. The Hall–Kier alpha value is -2.70. The molecule has 3 aromatic rings. The summed E-state index contributed by atoms with van der Waals surface area (Å²) in [4.78, 5) is 9.07. The average molecular weight is 392 g/mol. The highest BCUT2D eigenvalue weighted by atomic mass is 32.1. The second kappa shape index (κ2) is 8.12. The molecular formula is C22H25N5S. The Morgan fingerprint density at radius 3 is 2.57 bits per heavy atom. The van der Waals surface area contributed by atoms with Crippen molar-refractivity contribution in [1.29, 1.82) is 0 Å². The zero-order valence-corrected chi connectivity index (χ0v) is 17.0. The molecule has 0 saturated carbocycles. The molecule has 0 unspecified atom stereocenters. The van der Waals surface area contributed by atoms with Crippen molar-refractivity contribution in [2.75, 3.05) is 27.2 Å². The maximum absolute atomic E-state index is 5.71. The van der Waals surface area contributed by atoms with Gasteiger partial charge in [-0.3, -0.25) is 4.98 Å². The maximum atomic E-state index is 5.71. The number of hydrogen-bond donors (Lipinski definition) is 1. The van der Waals surface area contributed by atoms with Gasteiger partial charge in [0.25, 0.3) is 0 Å². The van der Waals surface area contributed by atoms with Crippen LogP contribution in [0.15, 0.2) is 73.2 Å². The number of rotatable bonds is 6. The lowest BCUT2D eigenvalue weighted by Crippen LogP contribution is -2.35. The standard InChI is InChI=1S/C22H25N5S/c1-25(2)14-15-27-21(20(24-22(27)28)19-10-6-7-12-23-19)17-11-13-26(16-17)18-8-4-3-5-9-18/h3-13,16,20-21H,14-15H2,1-2H3,(H,24,28)/t20-,21-/m0/s1. The average Bonchev–Trinajstić information content (AvgIpc) is 3.32. The van der Waals surface area contributed by atoms with Crippen LogP contribution in [0, 0.1) is 0 Å². The van der Waals surface area contributed by atoms with E-state index in [1.807, 2.05) is 24.4 Å². The van der Waals surface area contributed by atoms with Crippen molar-refractivity contribution in [2.45, 2.75) is 12.1 Å². The van der Waals surface area contributed by atoms with E-state index < -0.39 is 0 Å². The highest BCUT2D eigenvalue weighted by Gasteiger charge is 2.39. The molecule has 1 aliphatic heterocycles. The number of nitrogens with zero attached hydrogens (tertiary/aromatic N) is 4. The fourth-order valence-electron chi connectivity index (χ4n) is 3.67. The largest absolute Gasteiger partial charge is 0.352 e. The number of pyridine rings is 1. The van der Waals surface area contributed by atoms with Gasteiger partial charge in [-0.25, -0.2) is 0 Å². The Balaban J connectivity index is 1.70. The predicted molar refractivity (Wildman–Crippen MR) is 116 cm³/mol. The summed E-state index contributed by atoms with van der Waals surface area (Å²) in [7, 11) is 4.17. The molecular weight excluding hydrogens is 366 g/mol. The molecule has 0 aliphatic carbocycles. The number of nitrogens with one attached hydrogen (secondary N) is 1. The van der Waals surface area contributed by atoms with Crippen LogP contribution in [0.2, 0.25) is 0 Å². The molecule has 28 heavy (non-hydrogen) atoms. The number of thiocarbonyl (C=S) groups is 1. The van der Waals surface area contributed by atoms with Crippen LogP contribution in [-0.2, 0) is 0 Å². The molecule has 1 aromatic carbocycles. The minimum absolute atomic E-state index is 0.0301. The first-order chi connectivity index (χ1) is 13.6.